The Morgan fingerprint density at radius 1 is 1.42 bits per heavy atom. The van der Waals surface area contributed by atoms with Gasteiger partial charge in [0.1, 0.15) is 0 Å². The van der Waals surface area contributed by atoms with Crippen LogP contribution in [0.15, 0.2) is 0 Å². The van der Waals surface area contributed by atoms with Crippen molar-refractivity contribution in [3.8, 4) is 0 Å². The third kappa shape index (κ3) is 2.93. The number of nitrogens with one attached hydrogen (secondary N) is 1. The summed E-state index contributed by atoms with van der Waals surface area (Å²) in [5, 5.41) is 15.4. The highest BCUT2D eigenvalue weighted by molar-refractivity contribution is 4.95. The molecule has 2 atom stereocenters. The van der Waals surface area contributed by atoms with Crippen LogP contribution in [0.1, 0.15) is 31.1 Å². The first-order valence-electron chi connectivity index (χ1n) is 6.98. The predicted molar refractivity (Wildman–Crippen MR) is 67.5 cm³/mol. The molecule has 3 rings (SSSR count). The molecule has 7 heteroatoms. The second-order valence-electron chi connectivity index (χ2n) is 5.24. The van der Waals surface area contributed by atoms with Gasteiger partial charge < -0.3 is 14.8 Å². The van der Waals surface area contributed by atoms with Gasteiger partial charge in [-0.2, -0.15) is 0 Å². The van der Waals surface area contributed by atoms with Gasteiger partial charge in [0.15, 0.2) is 5.82 Å². The summed E-state index contributed by atoms with van der Waals surface area (Å²) in [5.41, 5.74) is 0. The van der Waals surface area contributed by atoms with Gasteiger partial charge in [-0.3, -0.25) is 0 Å². The van der Waals surface area contributed by atoms with Crippen molar-refractivity contribution >= 4 is 0 Å². The smallest absolute Gasteiger partial charge is 0.165 e. The first-order valence-corrected chi connectivity index (χ1v) is 6.98. The van der Waals surface area contributed by atoms with E-state index in [-0.39, 0.29) is 0 Å². The number of rotatable bonds is 7. The second-order valence-corrected chi connectivity index (χ2v) is 5.24. The van der Waals surface area contributed by atoms with Gasteiger partial charge in [-0.1, -0.05) is 0 Å². The third-order valence-corrected chi connectivity index (χ3v) is 3.83. The molecular weight excluding hydrogens is 246 g/mol. The molecule has 7 nitrogen and oxygen atoms in total. The highest BCUT2D eigenvalue weighted by atomic mass is 16.5. The Bertz CT molecular complexity index is 407. The Hall–Kier alpha value is -1.05. The molecule has 2 aliphatic rings. The minimum Gasteiger partial charge on any atom is -0.383 e. The molecular formula is C12H21N5O2. The summed E-state index contributed by atoms with van der Waals surface area (Å²) in [5.74, 6) is 1.60. The van der Waals surface area contributed by atoms with Crippen LogP contribution in [-0.4, -0.2) is 53.2 Å². The van der Waals surface area contributed by atoms with Gasteiger partial charge in [-0.05, 0) is 35.6 Å². The molecule has 1 aromatic rings. The quantitative estimate of drug-likeness (QED) is 0.709. The fourth-order valence-electron chi connectivity index (χ4n) is 2.70. The molecule has 0 radical (unpaired) electrons. The van der Waals surface area contributed by atoms with Crippen LogP contribution in [0.3, 0.4) is 0 Å². The minimum atomic E-state index is 0.307. The number of ether oxygens (including phenoxy) is 2. The summed E-state index contributed by atoms with van der Waals surface area (Å²) in [6.07, 6.45) is 3.88. The van der Waals surface area contributed by atoms with E-state index in [1.165, 1.54) is 12.8 Å². The lowest BCUT2D eigenvalue weighted by Crippen LogP contribution is -2.27. The van der Waals surface area contributed by atoms with Crippen molar-refractivity contribution in [2.75, 3.05) is 26.9 Å². The van der Waals surface area contributed by atoms with Crippen LogP contribution in [0.4, 0.5) is 0 Å². The maximum absolute atomic E-state index is 5.85. The highest BCUT2D eigenvalue weighted by Gasteiger charge is 2.42. The molecule has 0 spiro atoms. The van der Waals surface area contributed by atoms with Crippen molar-refractivity contribution in [1.82, 2.24) is 25.5 Å². The first kappa shape index (κ1) is 13.0. The SMILES string of the molecule is COCCNCc1nnnn1C1CCOC1C1CC1. The van der Waals surface area contributed by atoms with Crippen LogP contribution in [0.5, 0.6) is 0 Å². The van der Waals surface area contributed by atoms with E-state index in [0.717, 1.165) is 25.4 Å². The van der Waals surface area contributed by atoms with E-state index in [1.807, 2.05) is 4.68 Å². The van der Waals surface area contributed by atoms with Gasteiger partial charge >= 0.3 is 0 Å². The van der Waals surface area contributed by atoms with Crippen molar-refractivity contribution in [2.24, 2.45) is 5.92 Å². The third-order valence-electron chi connectivity index (χ3n) is 3.83. The van der Waals surface area contributed by atoms with Gasteiger partial charge in [-0.25, -0.2) is 4.68 Å². The normalized spacial score (nSPS) is 27.0. The zero-order chi connectivity index (χ0) is 13.1. The van der Waals surface area contributed by atoms with Crippen molar-refractivity contribution in [3.63, 3.8) is 0 Å². The van der Waals surface area contributed by atoms with E-state index < -0.39 is 0 Å². The van der Waals surface area contributed by atoms with Crippen molar-refractivity contribution in [1.29, 1.82) is 0 Å². The maximum atomic E-state index is 5.85. The van der Waals surface area contributed by atoms with Crippen LogP contribution in [0.2, 0.25) is 0 Å². The van der Waals surface area contributed by atoms with Gasteiger partial charge in [0.2, 0.25) is 0 Å². The molecule has 19 heavy (non-hydrogen) atoms. The van der Waals surface area contributed by atoms with Crippen LogP contribution >= 0.6 is 0 Å². The monoisotopic (exact) mass is 267 g/mol. The Morgan fingerprint density at radius 2 is 2.32 bits per heavy atom. The highest BCUT2D eigenvalue weighted by Crippen LogP contribution is 2.43. The van der Waals surface area contributed by atoms with Crippen LogP contribution in [0.25, 0.3) is 0 Å². The van der Waals surface area contributed by atoms with E-state index in [9.17, 15) is 0 Å². The number of aromatic nitrogens is 4. The average molecular weight is 267 g/mol. The lowest BCUT2D eigenvalue weighted by molar-refractivity contribution is 0.0714. The van der Waals surface area contributed by atoms with E-state index >= 15 is 0 Å². The number of hydrogen-bond donors (Lipinski definition) is 1. The number of methoxy groups -OCH3 is 1. The summed E-state index contributed by atoms with van der Waals surface area (Å²) >= 11 is 0. The van der Waals surface area contributed by atoms with Crippen LogP contribution in [-0.2, 0) is 16.0 Å². The number of nitrogens with zero attached hydrogens (tertiary/aromatic N) is 4. The minimum absolute atomic E-state index is 0.307. The molecule has 2 unspecified atom stereocenters. The molecule has 0 bridgehead atoms. The van der Waals surface area contributed by atoms with E-state index in [4.69, 9.17) is 9.47 Å². The summed E-state index contributed by atoms with van der Waals surface area (Å²) in [7, 11) is 1.70. The van der Waals surface area contributed by atoms with Crippen LogP contribution < -0.4 is 5.32 Å². The lowest BCUT2D eigenvalue weighted by Gasteiger charge is -2.19. The number of tetrazole rings is 1. The zero-order valence-corrected chi connectivity index (χ0v) is 11.3. The molecule has 0 amide bonds. The number of hydrogen-bond acceptors (Lipinski definition) is 6. The molecule has 1 saturated carbocycles. The fraction of sp³-hybridized carbons (Fsp3) is 0.917. The summed E-state index contributed by atoms with van der Waals surface area (Å²) < 4.78 is 12.8. The fourth-order valence-corrected chi connectivity index (χ4v) is 2.70. The molecule has 1 aromatic heterocycles. The summed E-state index contributed by atoms with van der Waals surface area (Å²) in [6, 6.07) is 0.307. The van der Waals surface area contributed by atoms with Gasteiger partial charge in [0.05, 0.1) is 25.3 Å². The van der Waals surface area contributed by atoms with Crippen molar-refractivity contribution < 1.29 is 9.47 Å². The topological polar surface area (TPSA) is 74.1 Å². The standard InChI is InChI=1S/C12H21N5O2/c1-18-7-5-13-8-11-14-15-16-17(11)10-4-6-19-12(10)9-2-3-9/h9-10,12-13H,2-8H2,1H3. The van der Waals surface area contributed by atoms with Gasteiger partial charge in [0, 0.05) is 20.3 Å². The Labute approximate surface area is 112 Å². The molecule has 1 aliphatic heterocycles. The summed E-state index contributed by atoms with van der Waals surface area (Å²) in [6.45, 7) is 2.99. The van der Waals surface area contributed by atoms with E-state index in [0.29, 0.717) is 31.2 Å². The predicted octanol–water partition coefficient (Wildman–Crippen LogP) is 0.149. The summed E-state index contributed by atoms with van der Waals surface area (Å²) in [4.78, 5) is 0. The Morgan fingerprint density at radius 3 is 3.11 bits per heavy atom. The molecule has 2 fully saturated rings. The maximum Gasteiger partial charge on any atom is 0.165 e. The van der Waals surface area contributed by atoms with Gasteiger partial charge in [0.25, 0.3) is 0 Å². The average Bonchev–Trinajstić information content (AvgIpc) is 2.98. The molecule has 106 valence electrons. The largest absolute Gasteiger partial charge is 0.383 e. The second kappa shape index (κ2) is 5.94. The lowest BCUT2D eigenvalue weighted by atomic mass is 10.1. The van der Waals surface area contributed by atoms with Crippen LogP contribution in [0, 0.1) is 5.92 Å². The molecule has 0 aromatic carbocycles. The molecule has 1 N–H and O–H groups in total. The van der Waals surface area contributed by atoms with Gasteiger partial charge in [-0.15, -0.1) is 5.10 Å². The van der Waals surface area contributed by atoms with Crippen molar-refractivity contribution in [2.45, 2.75) is 38.0 Å². The first-order chi connectivity index (χ1) is 9.40. The Balaban J connectivity index is 1.62. The van der Waals surface area contributed by atoms with E-state index in [1.54, 1.807) is 7.11 Å². The Kier molecular flexibility index (Phi) is 4.05. The van der Waals surface area contributed by atoms with Crippen molar-refractivity contribution in [3.05, 3.63) is 5.82 Å². The molecule has 2 heterocycles. The molecule has 1 aliphatic carbocycles. The molecule has 1 saturated heterocycles. The zero-order valence-electron chi connectivity index (χ0n) is 11.3. The van der Waals surface area contributed by atoms with E-state index in [2.05, 4.69) is 20.8 Å².